The Morgan fingerprint density at radius 3 is 2.75 bits per heavy atom. The van der Waals surface area contributed by atoms with Crippen molar-refractivity contribution in [2.45, 2.75) is 58.4 Å². The standard InChI is InChI=1S/C15H28N4O/c1-4-16-13-9-7-8-12(13)15-17-14(18-20-15)10-11-19(5-2)6-3/h12-13,16H,4-11H2,1-3H3. The summed E-state index contributed by atoms with van der Waals surface area (Å²) in [7, 11) is 0. The number of nitrogens with zero attached hydrogens (tertiary/aromatic N) is 3. The summed E-state index contributed by atoms with van der Waals surface area (Å²) in [6.45, 7) is 10.7. The zero-order valence-corrected chi connectivity index (χ0v) is 13.1. The molecule has 1 aromatic rings. The van der Waals surface area contributed by atoms with E-state index in [2.05, 4.69) is 41.1 Å². The number of aromatic nitrogens is 2. The van der Waals surface area contributed by atoms with Crippen LogP contribution in [0.2, 0.25) is 0 Å². The zero-order valence-electron chi connectivity index (χ0n) is 13.1. The number of hydrogen-bond donors (Lipinski definition) is 1. The van der Waals surface area contributed by atoms with Gasteiger partial charge in [0.2, 0.25) is 5.89 Å². The molecule has 2 rings (SSSR count). The van der Waals surface area contributed by atoms with E-state index in [1.807, 2.05) is 0 Å². The molecule has 0 spiro atoms. The summed E-state index contributed by atoms with van der Waals surface area (Å²) in [5.74, 6) is 2.10. The first-order chi connectivity index (χ1) is 9.78. The minimum Gasteiger partial charge on any atom is -0.339 e. The minimum atomic E-state index is 0.407. The maximum Gasteiger partial charge on any atom is 0.231 e. The summed E-state index contributed by atoms with van der Waals surface area (Å²) in [6.07, 6.45) is 4.51. The summed E-state index contributed by atoms with van der Waals surface area (Å²) in [4.78, 5) is 7.00. The molecule has 20 heavy (non-hydrogen) atoms. The molecule has 114 valence electrons. The van der Waals surface area contributed by atoms with E-state index in [1.165, 1.54) is 12.8 Å². The Kier molecular flexibility index (Phi) is 5.98. The Balaban J connectivity index is 1.91. The van der Waals surface area contributed by atoms with Gasteiger partial charge in [0.1, 0.15) is 0 Å². The molecule has 0 aromatic carbocycles. The summed E-state index contributed by atoms with van der Waals surface area (Å²) >= 11 is 0. The van der Waals surface area contributed by atoms with Gasteiger partial charge in [0.15, 0.2) is 5.82 Å². The lowest BCUT2D eigenvalue weighted by Gasteiger charge is -2.16. The van der Waals surface area contributed by atoms with Crippen molar-refractivity contribution in [3.05, 3.63) is 11.7 Å². The summed E-state index contributed by atoms with van der Waals surface area (Å²) in [6, 6.07) is 0.510. The van der Waals surface area contributed by atoms with Crippen LogP contribution in [0.4, 0.5) is 0 Å². The van der Waals surface area contributed by atoms with Gasteiger partial charge in [-0.25, -0.2) is 0 Å². The lowest BCUT2D eigenvalue weighted by Crippen LogP contribution is -2.31. The smallest absolute Gasteiger partial charge is 0.231 e. The average molecular weight is 280 g/mol. The van der Waals surface area contributed by atoms with Crippen molar-refractivity contribution in [2.75, 3.05) is 26.2 Å². The van der Waals surface area contributed by atoms with Crippen molar-refractivity contribution < 1.29 is 4.52 Å². The maximum absolute atomic E-state index is 5.51. The highest BCUT2D eigenvalue weighted by atomic mass is 16.5. The summed E-state index contributed by atoms with van der Waals surface area (Å²) < 4.78 is 5.51. The number of rotatable bonds is 8. The van der Waals surface area contributed by atoms with Gasteiger partial charge in [-0.2, -0.15) is 4.98 Å². The molecular formula is C15H28N4O. The van der Waals surface area contributed by atoms with Crippen molar-refractivity contribution in [2.24, 2.45) is 0 Å². The molecule has 0 amide bonds. The zero-order chi connectivity index (χ0) is 14.4. The van der Waals surface area contributed by atoms with Crippen molar-refractivity contribution in [1.29, 1.82) is 0 Å². The van der Waals surface area contributed by atoms with Gasteiger partial charge >= 0.3 is 0 Å². The van der Waals surface area contributed by atoms with Crippen LogP contribution in [0.1, 0.15) is 57.7 Å². The molecule has 1 N–H and O–H groups in total. The molecule has 0 radical (unpaired) electrons. The van der Waals surface area contributed by atoms with Crippen LogP contribution >= 0.6 is 0 Å². The highest BCUT2D eigenvalue weighted by Crippen LogP contribution is 2.33. The van der Waals surface area contributed by atoms with E-state index in [9.17, 15) is 0 Å². The van der Waals surface area contributed by atoms with Crippen LogP contribution in [0.15, 0.2) is 4.52 Å². The van der Waals surface area contributed by atoms with Gasteiger partial charge in [-0.1, -0.05) is 32.3 Å². The van der Waals surface area contributed by atoms with Crippen molar-refractivity contribution in [3.63, 3.8) is 0 Å². The van der Waals surface area contributed by atoms with Gasteiger partial charge in [-0.05, 0) is 32.5 Å². The minimum absolute atomic E-state index is 0.407. The highest BCUT2D eigenvalue weighted by Gasteiger charge is 2.32. The first kappa shape index (κ1) is 15.4. The monoisotopic (exact) mass is 280 g/mol. The van der Waals surface area contributed by atoms with Crippen LogP contribution in [-0.2, 0) is 6.42 Å². The maximum atomic E-state index is 5.51. The molecule has 1 aromatic heterocycles. The van der Waals surface area contributed by atoms with Gasteiger partial charge < -0.3 is 14.7 Å². The van der Waals surface area contributed by atoms with Crippen LogP contribution in [0, 0.1) is 0 Å². The molecule has 1 fully saturated rings. The topological polar surface area (TPSA) is 54.2 Å². The predicted octanol–water partition coefficient (Wildman–Crippen LogP) is 2.20. The predicted molar refractivity (Wildman–Crippen MR) is 79.8 cm³/mol. The molecule has 2 unspecified atom stereocenters. The fraction of sp³-hybridized carbons (Fsp3) is 0.867. The van der Waals surface area contributed by atoms with E-state index < -0.39 is 0 Å². The van der Waals surface area contributed by atoms with Crippen molar-refractivity contribution >= 4 is 0 Å². The van der Waals surface area contributed by atoms with Crippen molar-refractivity contribution in [1.82, 2.24) is 20.4 Å². The third-order valence-corrected chi connectivity index (χ3v) is 4.33. The van der Waals surface area contributed by atoms with Crippen LogP contribution < -0.4 is 5.32 Å². The lowest BCUT2D eigenvalue weighted by atomic mass is 10.0. The van der Waals surface area contributed by atoms with Gasteiger partial charge in [-0.15, -0.1) is 0 Å². The number of nitrogens with one attached hydrogen (secondary N) is 1. The quantitative estimate of drug-likeness (QED) is 0.791. The molecule has 0 bridgehead atoms. The highest BCUT2D eigenvalue weighted by molar-refractivity contribution is 5.03. The fourth-order valence-electron chi connectivity index (χ4n) is 3.08. The van der Waals surface area contributed by atoms with E-state index in [-0.39, 0.29) is 0 Å². The Labute approximate surface area is 122 Å². The molecule has 5 heteroatoms. The Bertz CT molecular complexity index is 389. The second kappa shape index (κ2) is 7.74. The van der Waals surface area contributed by atoms with Gasteiger partial charge in [0, 0.05) is 19.0 Å². The van der Waals surface area contributed by atoms with E-state index in [1.54, 1.807) is 0 Å². The molecule has 0 saturated heterocycles. The third-order valence-electron chi connectivity index (χ3n) is 4.33. The van der Waals surface area contributed by atoms with Gasteiger partial charge in [0.05, 0.1) is 5.92 Å². The Hall–Kier alpha value is -0.940. The summed E-state index contributed by atoms with van der Waals surface area (Å²) in [5.41, 5.74) is 0. The van der Waals surface area contributed by atoms with Crippen LogP contribution in [0.5, 0.6) is 0 Å². The molecule has 1 saturated carbocycles. The van der Waals surface area contributed by atoms with Crippen molar-refractivity contribution in [3.8, 4) is 0 Å². The molecule has 1 aliphatic carbocycles. The normalized spacial score (nSPS) is 22.8. The molecule has 5 nitrogen and oxygen atoms in total. The SMILES string of the molecule is CCNC1CCCC1c1nc(CCN(CC)CC)no1. The van der Waals surface area contributed by atoms with Crippen LogP contribution in [0.3, 0.4) is 0 Å². The van der Waals surface area contributed by atoms with Gasteiger partial charge in [-0.3, -0.25) is 0 Å². The molecule has 2 atom stereocenters. The van der Waals surface area contributed by atoms with E-state index in [0.29, 0.717) is 12.0 Å². The Morgan fingerprint density at radius 1 is 1.25 bits per heavy atom. The first-order valence-corrected chi connectivity index (χ1v) is 8.06. The lowest BCUT2D eigenvalue weighted by molar-refractivity contribution is 0.300. The number of hydrogen-bond acceptors (Lipinski definition) is 5. The van der Waals surface area contributed by atoms with Gasteiger partial charge in [0.25, 0.3) is 0 Å². The number of likely N-dealkylation sites (N-methyl/N-ethyl adjacent to an activating group) is 2. The van der Waals surface area contributed by atoms with E-state index in [0.717, 1.165) is 50.7 Å². The van der Waals surface area contributed by atoms with Crippen LogP contribution in [0.25, 0.3) is 0 Å². The molecule has 1 heterocycles. The molecule has 0 aliphatic heterocycles. The third kappa shape index (κ3) is 3.79. The summed E-state index contributed by atoms with van der Waals surface area (Å²) in [5, 5.41) is 7.69. The molecular weight excluding hydrogens is 252 g/mol. The molecule has 1 aliphatic rings. The first-order valence-electron chi connectivity index (χ1n) is 8.06. The largest absolute Gasteiger partial charge is 0.339 e. The second-order valence-corrected chi connectivity index (χ2v) is 5.53. The van der Waals surface area contributed by atoms with Crippen LogP contribution in [-0.4, -0.2) is 47.3 Å². The average Bonchev–Trinajstić information content (AvgIpc) is 3.09. The Morgan fingerprint density at radius 2 is 2.05 bits per heavy atom. The second-order valence-electron chi connectivity index (χ2n) is 5.53. The van der Waals surface area contributed by atoms with E-state index >= 15 is 0 Å². The fourth-order valence-corrected chi connectivity index (χ4v) is 3.08. The van der Waals surface area contributed by atoms with E-state index in [4.69, 9.17) is 4.52 Å².